The molecule has 0 radical (unpaired) electrons. The van der Waals surface area contributed by atoms with Gasteiger partial charge in [-0.2, -0.15) is 0 Å². The number of hydrogen-bond acceptors (Lipinski definition) is 2. The Bertz CT molecular complexity index is 1040. The lowest BCUT2D eigenvalue weighted by Crippen LogP contribution is -2.11. The van der Waals surface area contributed by atoms with Crippen LogP contribution in [0.3, 0.4) is 0 Å². The highest BCUT2D eigenvalue weighted by atomic mass is 16.3. The Hall–Kier alpha value is -2.74. The van der Waals surface area contributed by atoms with Gasteiger partial charge in [0.15, 0.2) is 5.58 Å². The van der Waals surface area contributed by atoms with Crippen LogP contribution >= 0.6 is 0 Å². The Morgan fingerprint density at radius 2 is 1.28 bits per heavy atom. The standard InChI is InChI=1S/C23H23NO/c1-4-16-10-6-7-14-20(16)24(3)21-15-9-13-19-18-12-8-11-17(5-2)22(18)25-23(19)21/h6-15H,4-5H2,1-3H3. The smallest absolute Gasteiger partial charge is 0.159 e. The summed E-state index contributed by atoms with van der Waals surface area (Å²) < 4.78 is 6.38. The molecule has 25 heavy (non-hydrogen) atoms. The van der Waals surface area contributed by atoms with Crippen LogP contribution in [0.4, 0.5) is 11.4 Å². The summed E-state index contributed by atoms with van der Waals surface area (Å²) in [7, 11) is 2.12. The van der Waals surface area contributed by atoms with Crippen molar-refractivity contribution < 1.29 is 4.42 Å². The number of aryl methyl sites for hydroxylation is 2. The van der Waals surface area contributed by atoms with Crippen LogP contribution in [-0.4, -0.2) is 7.05 Å². The second-order valence-corrected chi connectivity index (χ2v) is 6.44. The first-order chi connectivity index (χ1) is 12.2. The molecule has 0 bridgehead atoms. The van der Waals surface area contributed by atoms with Crippen LogP contribution < -0.4 is 4.90 Å². The maximum atomic E-state index is 6.38. The third-order valence-corrected chi connectivity index (χ3v) is 5.06. The number of benzene rings is 3. The second kappa shape index (κ2) is 6.29. The topological polar surface area (TPSA) is 16.4 Å². The van der Waals surface area contributed by atoms with Gasteiger partial charge in [0.1, 0.15) is 5.58 Å². The molecule has 0 unspecified atom stereocenters. The van der Waals surface area contributed by atoms with Gasteiger partial charge < -0.3 is 9.32 Å². The minimum Gasteiger partial charge on any atom is -0.454 e. The van der Waals surface area contributed by atoms with E-state index >= 15 is 0 Å². The molecule has 2 heteroatoms. The third-order valence-electron chi connectivity index (χ3n) is 5.06. The number of nitrogens with zero attached hydrogens (tertiary/aromatic N) is 1. The van der Waals surface area contributed by atoms with Gasteiger partial charge in [0.25, 0.3) is 0 Å². The first kappa shape index (κ1) is 15.8. The lowest BCUT2D eigenvalue weighted by molar-refractivity contribution is 0.663. The fourth-order valence-corrected chi connectivity index (χ4v) is 3.67. The minimum atomic E-state index is 0.965. The number of anilines is 2. The number of para-hydroxylation sites is 3. The molecule has 0 fully saturated rings. The maximum Gasteiger partial charge on any atom is 0.159 e. The predicted molar refractivity (Wildman–Crippen MR) is 107 cm³/mol. The van der Waals surface area contributed by atoms with E-state index < -0.39 is 0 Å². The van der Waals surface area contributed by atoms with Gasteiger partial charge in [-0.25, -0.2) is 0 Å². The van der Waals surface area contributed by atoms with Crippen molar-refractivity contribution in [1.29, 1.82) is 0 Å². The molecule has 0 aliphatic carbocycles. The van der Waals surface area contributed by atoms with Crippen molar-refractivity contribution in [3.63, 3.8) is 0 Å². The second-order valence-electron chi connectivity index (χ2n) is 6.44. The van der Waals surface area contributed by atoms with Crippen LogP contribution in [0.25, 0.3) is 21.9 Å². The average molecular weight is 329 g/mol. The average Bonchev–Trinajstić information content (AvgIpc) is 3.06. The fraction of sp³-hybridized carbons (Fsp3) is 0.217. The first-order valence-electron chi connectivity index (χ1n) is 8.99. The first-order valence-corrected chi connectivity index (χ1v) is 8.99. The summed E-state index contributed by atoms with van der Waals surface area (Å²) in [4.78, 5) is 2.25. The van der Waals surface area contributed by atoms with E-state index in [4.69, 9.17) is 4.42 Å². The number of rotatable bonds is 4. The lowest BCUT2D eigenvalue weighted by atomic mass is 10.1. The fourth-order valence-electron chi connectivity index (χ4n) is 3.67. The molecule has 0 N–H and O–H groups in total. The van der Waals surface area contributed by atoms with E-state index in [-0.39, 0.29) is 0 Å². The molecule has 0 amide bonds. The highest BCUT2D eigenvalue weighted by Crippen LogP contribution is 2.39. The largest absolute Gasteiger partial charge is 0.454 e. The van der Waals surface area contributed by atoms with Crippen molar-refractivity contribution in [2.45, 2.75) is 26.7 Å². The molecule has 0 spiro atoms. The van der Waals surface area contributed by atoms with Crippen LogP contribution in [0.1, 0.15) is 25.0 Å². The van der Waals surface area contributed by atoms with Crippen LogP contribution in [-0.2, 0) is 12.8 Å². The summed E-state index contributed by atoms with van der Waals surface area (Å²) in [5.74, 6) is 0. The van der Waals surface area contributed by atoms with Crippen molar-refractivity contribution in [3.8, 4) is 0 Å². The van der Waals surface area contributed by atoms with E-state index in [1.165, 1.54) is 27.6 Å². The van der Waals surface area contributed by atoms with Gasteiger partial charge in [-0.3, -0.25) is 0 Å². The Labute approximate surface area is 148 Å². The van der Waals surface area contributed by atoms with E-state index in [0.717, 1.165) is 29.7 Å². The van der Waals surface area contributed by atoms with Gasteiger partial charge in [-0.1, -0.05) is 62.4 Å². The van der Waals surface area contributed by atoms with Crippen molar-refractivity contribution in [1.82, 2.24) is 0 Å². The molecule has 0 atom stereocenters. The van der Waals surface area contributed by atoms with E-state index in [1.54, 1.807) is 0 Å². The van der Waals surface area contributed by atoms with E-state index in [1.807, 2.05) is 0 Å². The van der Waals surface area contributed by atoms with Gasteiger partial charge in [-0.05, 0) is 36.1 Å². The number of furan rings is 1. The molecular formula is C23H23NO. The van der Waals surface area contributed by atoms with Gasteiger partial charge in [0.2, 0.25) is 0 Å². The van der Waals surface area contributed by atoms with Crippen LogP contribution in [0.5, 0.6) is 0 Å². The maximum absolute atomic E-state index is 6.38. The summed E-state index contributed by atoms with van der Waals surface area (Å²) in [5.41, 5.74) is 6.92. The monoisotopic (exact) mass is 329 g/mol. The molecule has 1 heterocycles. The van der Waals surface area contributed by atoms with Gasteiger partial charge in [-0.15, -0.1) is 0 Å². The van der Waals surface area contributed by atoms with Crippen molar-refractivity contribution in [2.24, 2.45) is 0 Å². The summed E-state index contributed by atoms with van der Waals surface area (Å²) in [6, 6.07) is 21.4. The van der Waals surface area contributed by atoms with Gasteiger partial charge in [0.05, 0.1) is 5.69 Å². The quantitative estimate of drug-likeness (QED) is 0.426. The van der Waals surface area contributed by atoms with E-state index in [0.29, 0.717) is 0 Å². The molecule has 3 aromatic carbocycles. The normalized spacial score (nSPS) is 11.3. The highest BCUT2D eigenvalue weighted by Gasteiger charge is 2.16. The predicted octanol–water partition coefficient (Wildman–Crippen LogP) is 6.48. The highest BCUT2D eigenvalue weighted by molar-refractivity contribution is 6.10. The third kappa shape index (κ3) is 2.49. The molecule has 2 nitrogen and oxygen atoms in total. The molecule has 126 valence electrons. The number of hydrogen-bond donors (Lipinski definition) is 0. The molecule has 0 saturated carbocycles. The lowest BCUT2D eigenvalue weighted by Gasteiger charge is -2.22. The van der Waals surface area contributed by atoms with Crippen molar-refractivity contribution in [3.05, 3.63) is 71.8 Å². The zero-order valence-corrected chi connectivity index (χ0v) is 15.0. The number of fused-ring (bicyclic) bond motifs is 3. The molecule has 4 rings (SSSR count). The molecule has 4 aromatic rings. The van der Waals surface area contributed by atoms with Gasteiger partial charge >= 0.3 is 0 Å². The Kier molecular flexibility index (Phi) is 3.96. The summed E-state index contributed by atoms with van der Waals surface area (Å²) in [6.07, 6.45) is 1.98. The van der Waals surface area contributed by atoms with Crippen LogP contribution in [0, 0.1) is 0 Å². The zero-order valence-electron chi connectivity index (χ0n) is 15.0. The molecule has 0 aliphatic rings. The van der Waals surface area contributed by atoms with E-state index in [9.17, 15) is 0 Å². The minimum absolute atomic E-state index is 0.965. The molecule has 0 aliphatic heterocycles. The Morgan fingerprint density at radius 1 is 0.680 bits per heavy atom. The molecular weight excluding hydrogens is 306 g/mol. The van der Waals surface area contributed by atoms with Gasteiger partial charge in [0, 0.05) is 23.5 Å². The summed E-state index contributed by atoms with van der Waals surface area (Å²) in [6.45, 7) is 4.37. The Balaban J connectivity index is 1.96. The van der Waals surface area contributed by atoms with Crippen LogP contribution in [0.15, 0.2) is 65.1 Å². The Morgan fingerprint density at radius 3 is 2.04 bits per heavy atom. The van der Waals surface area contributed by atoms with E-state index in [2.05, 4.69) is 86.5 Å². The molecule has 1 aromatic heterocycles. The SMILES string of the molecule is CCc1ccccc1N(C)c1cccc2c1oc1c(CC)cccc12. The van der Waals surface area contributed by atoms with Crippen LogP contribution in [0.2, 0.25) is 0 Å². The van der Waals surface area contributed by atoms with Crippen molar-refractivity contribution >= 4 is 33.3 Å². The summed E-state index contributed by atoms with van der Waals surface area (Å²) in [5, 5.41) is 2.39. The summed E-state index contributed by atoms with van der Waals surface area (Å²) >= 11 is 0. The molecule has 0 saturated heterocycles. The van der Waals surface area contributed by atoms with Crippen molar-refractivity contribution in [2.75, 3.05) is 11.9 Å². The zero-order chi connectivity index (χ0) is 17.4.